The molecule has 1 amide bonds. The minimum Gasteiger partial charge on any atom is -0.501 e. The van der Waals surface area contributed by atoms with Crippen molar-refractivity contribution >= 4 is 29.3 Å². The van der Waals surface area contributed by atoms with E-state index < -0.39 is 34.9 Å². The van der Waals surface area contributed by atoms with Gasteiger partial charge >= 0.3 is 5.69 Å². The minimum absolute atomic E-state index is 0.195. The zero-order chi connectivity index (χ0) is 21.9. The number of carbonyl (C=O) groups excluding carboxylic acids is 1. The van der Waals surface area contributed by atoms with E-state index in [2.05, 4.69) is 17.1 Å². The Morgan fingerprint density at radius 3 is 2.84 bits per heavy atom. The average molecular weight is 454 g/mol. The Labute approximate surface area is 186 Å². The van der Waals surface area contributed by atoms with Gasteiger partial charge in [0.25, 0.3) is 11.5 Å². The van der Waals surface area contributed by atoms with Gasteiger partial charge in [0, 0.05) is 41.8 Å². The Hall–Kier alpha value is -3.15. The van der Waals surface area contributed by atoms with Crippen molar-refractivity contribution in [1.29, 1.82) is 0 Å². The molecule has 0 spiro atoms. The second kappa shape index (κ2) is 7.22. The summed E-state index contributed by atoms with van der Waals surface area (Å²) < 4.78 is 1.20. The number of aromatic nitrogens is 2. The number of rotatable bonds is 1. The van der Waals surface area contributed by atoms with E-state index in [1.54, 1.807) is 24.9 Å². The van der Waals surface area contributed by atoms with Crippen LogP contribution in [-0.2, 0) is 5.75 Å². The quantitative estimate of drug-likeness (QED) is 0.590. The third kappa shape index (κ3) is 2.96. The number of H-pyrrole nitrogens is 1. The number of benzene rings is 1. The number of hydrogen-bond donors (Lipinski definition) is 2. The molecular weight excluding hydrogens is 438 g/mol. The molecule has 0 saturated heterocycles. The van der Waals surface area contributed by atoms with Crippen LogP contribution < -0.4 is 11.2 Å². The van der Waals surface area contributed by atoms with Crippen molar-refractivity contribution in [3.63, 3.8) is 0 Å². The molecule has 1 aromatic heterocycles. The van der Waals surface area contributed by atoms with Gasteiger partial charge in [-0.2, -0.15) is 0 Å². The predicted octanol–water partition coefficient (Wildman–Crippen LogP) is 2.56. The molecule has 0 bridgehead atoms. The molecule has 2 N–H and O–H groups in total. The van der Waals surface area contributed by atoms with E-state index in [-0.39, 0.29) is 12.2 Å². The van der Waals surface area contributed by atoms with Crippen LogP contribution in [0.25, 0.3) is 0 Å². The summed E-state index contributed by atoms with van der Waals surface area (Å²) in [7, 11) is 1.58. The van der Waals surface area contributed by atoms with Crippen LogP contribution in [0.2, 0.25) is 5.02 Å². The fourth-order valence-corrected chi connectivity index (χ4v) is 5.85. The van der Waals surface area contributed by atoms with Gasteiger partial charge in [0.15, 0.2) is 5.69 Å². The molecule has 9 heteroatoms. The van der Waals surface area contributed by atoms with E-state index in [0.717, 1.165) is 21.6 Å². The normalized spacial score (nSPS) is 19.7. The van der Waals surface area contributed by atoms with Crippen molar-refractivity contribution < 1.29 is 9.90 Å². The zero-order valence-electron chi connectivity index (χ0n) is 16.3. The summed E-state index contributed by atoms with van der Waals surface area (Å²) in [5.41, 5.74) is 0.574. The molecule has 7 nitrogen and oxygen atoms in total. The molecule has 0 fully saturated rings. The fourth-order valence-electron chi connectivity index (χ4n) is 4.40. The molecule has 2 aliphatic heterocycles. The zero-order valence-corrected chi connectivity index (χ0v) is 17.9. The van der Waals surface area contributed by atoms with Crippen molar-refractivity contribution in [3.05, 3.63) is 90.7 Å². The summed E-state index contributed by atoms with van der Waals surface area (Å²) in [5.74, 6) is -1.14. The summed E-state index contributed by atoms with van der Waals surface area (Å²) >= 11 is 8.14. The van der Waals surface area contributed by atoms with E-state index >= 15 is 0 Å². The van der Waals surface area contributed by atoms with Gasteiger partial charge in [-0.25, -0.2) is 4.79 Å². The van der Waals surface area contributed by atoms with Crippen LogP contribution in [0.3, 0.4) is 0 Å². The molecule has 2 unspecified atom stereocenters. The van der Waals surface area contributed by atoms with Gasteiger partial charge in [-0.3, -0.25) is 19.1 Å². The Morgan fingerprint density at radius 2 is 2.03 bits per heavy atom. The second-order valence-electron chi connectivity index (χ2n) is 7.54. The molecule has 5 rings (SSSR count). The van der Waals surface area contributed by atoms with Crippen LogP contribution in [0.4, 0.5) is 0 Å². The lowest BCUT2D eigenvalue weighted by atomic mass is 9.82. The first-order valence-corrected chi connectivity index (χ1v) is 10.9. The largest absolute Gasteiger partial charge is 0.501 e. The summed E-state index contributed by atoms with van der Waals surface area (Å²) in [4.78, 5) is 42.3. The predicted molar refractivity (Wildman–Crippen MR) is 116 cm³/mol. The van der Waals surface area contributed by atoms with Gasteiger partial charge < -0.3 is 10.0 Å². The summed E-state index contributed by atoms with van der Waals surface area (Å²) in [6.07, 6.45) is 0. The molecule has 3 heterocycles. The van der Waals surface area contributed by atoms with Crippen molar-refractivity contribution in [3.8, 4) is 5.75 Å². The van der Waals surface area contributed by atoms with Gasteiger partial charge in [0.2, 0.25) is 5.75 Å². The van der Waals surface area contributed by atoms with Crippen molar-refractivity contribution in [2.45, 2.75) is 22.6 Å². The number of fused-ring (bicyclic) bond motifs is 3. The highest BCUT2D eigenvalue weighted by Crippen LogP contribution is 2.47. The number of thioether (sulfide) groups is 1. The van der Waals surface area contributed by atoms with Gasteiger partial charge in [-0.1, -0.05) is 41.9 Å². The van der Waals surface area contributed by atoms with Crippen LogP contribution in [-0.4, -0.2) is 39.1 Å². The third-order valence-corrected chi connectivity index (χ3v) is 7.26. The monoisotopic (exact) mass is 453 g/mol. The number of amides is 1. The smallest absolute Gasteiger partial charge is 0.329 e. The standard InChI is InChI=1S/C22H16ClN3O4S/c1-25-9-15(26-18(21(25)29)19(27)20(28)24-22(26)30)17-11-6-4-7-14(23)13(11)10-31-16-8-3-2-5-12(16)17/h2-3,5,7-8,15,17,27H,9-10H2,1H3,(H,24,28,30). The van der Waals surface area contributed by atoms with Crippen LogP contribution >= 0.6 is 23.4 Å². The summed E-state index contributed by atoms with van der Waals surface area (Å²) in [5, 5.41) is 10.9. The molecule has 156 valence electrons. The van der Waals surface area contributed by atoms with E-state index in [1.807, 2.05) is 24.3 Å². The maximum Gasteiger partial charge on any atom is 0.329 e. The van der Waals surface area contributed by atoms with Crippen LogP contribution in [0.1, 0.15) is 39.1 Å². The number of likely N-dealkylation sites (N-methyl/N-ethyl adjacent to an activating group) is 1. The number of halogens is 1. The first-order chi connectivity index (χ1) is 14.9. The van der Waals surface area contributed by atoms with Crippen LogP contribution in [0.15, 0.2) is 44.8 Å². The number of aromatic hydroxyl groups is 1. The second-order valence-corrected chi connectivity index (χ2v) is 8.96. The minimum atomic E-state index is -0.987. The number of carbonyl (C=O) groups is 1. The molecule has 31 heavy (non-hydrogen) atoms. The van der Waals surface area contributed by atoms with Gasteiger partial charge in [-0.05, 0) is 17.2 Å². The van der Waals surface area contributed by atoms with Crippen LogP contribution in [0, 0.1) is 12.1 Å². The highest BCUT2D eigenvalue weighted by atomic mass is 35.5. The molecule has 0 aliphatic carbocycles. The molecule has 3 aromatic rings. The molecule has 0 saturated carbocycles. The molecule has 2 aromatic carbocycles. The maximum atomic E-state index is 12.9. The van der Waals surface area contributed by atoms with E-state index in [4.69, 9.17) is 11.6 Å². The lowest BCUT2D eigenvalue weighted by Crippen LogP contribution is -2.49. The first kappa shape index (κ1) is 19.8. The Morgan fingerprint density at radius 1 is 1.26 bits per heavy atom. The number of nitrogens with zero attached hydrogens (tertiary/aromatic N) is 2. The Bertz CT molecular complexity index is 1350. The summed E-state index contributed by atoms with van der Waals surface area (Å²) in [6.45, 7) is 0.195. The van der Waals surface area contributed by atoms with Gasteiger partial charge in [0.1, 0.15) is 0 Å². The molecular formula is C22H16ClN3O4S. The number of aromatic amines is 1. The van der Waals surface area contributed by atoms with Crippen molar-refractivity contribution in [1.82, 2.24) is 14.5 Å². The highest BCUT2D eigenvalue weighted by Gasteiger charge is 2.41. The average Bonchev–Trinajstić information content (AvgIpc) is 2.91. The SMILES string of the molecule is CN1CC(C2c3c#ccc(Cl)c3CSc3ccccc32)n2c(c(O)c(=O)[nH]c2=O)C1=O. The van der Waals surface area contributed by atoms with Gasteiger partial charge in [-0.15, -0.1) is 11.8 Å². The summed E-state index contributed by atoms with van der Waals surface area (Å²) in [6, 6.07) is 15.0. The third-order valence-electron chi connectivity index (χ3n) is 5.80. The lowest BCUT2D eigenvalue weighted by Gasteiger charge is -2.38. The maximum absolute atomic E-state index is 12.9. The first-order valence-electron chi connectivity index (χ1n) is 9.54. The number of nitrogens with one attached hydrogen (secondary N) is 1. The number of hydrogen-bond acceptors (Lipinski definition) is 5. The Balaban J connectivity index is 1.85. The highest BCUT2D eigenvalue weighted by molar-refractivity contribution is 7.98. The van der Waals surface area contributed by atoms with Crippen molar-refractivity contribution in [2.75, 3.05) is 13.6 Å². The van der Waals surface area contributed by atoms with E-state index in [1.165, 1.54) is 9.47 Å². The van der Waals surface area contributed by atoms with Crippen molar-refractivity contribution in [2.24, 2.45) is 0 Å². The molecule has 0 radical (unpaired) electrons. The Kier molecular flexibility index (Phi) is 4.61. The fraction of sp³-hybridized carbons (Fsp3) is 0.227. The van der Waals surface area contributed by atoms with Crippen LogP contribution in [0.5, 0.6) is 5.75 Å². The van der Waals surface area contributed by atoms with Gasteiger partial charge in [0.05, 0.1) is 11.1 Å². The van der Waals surface area contributed by atoms with E-state index in [9.17, 15) is 19.5 Å². The lowest BCUT2D eigenvalue weighted by molar-refractivity contribution is 0.0695. The molecule has 2 aliphatic rings. The van der Waals surface area contributed by atoms with E-state index in [0.29, 0.717) is 10.8 Å². The molecule has 2 atom stereocenters. The topological polar surface area (TPSA) is 95.4 Å².